The molecule has 0 atom stereocenters. The zero-order chi connectivity index (χ0) is 13.7. The molecule has 1 aromatic carbocycles. The second kappa shape index (κ2) is 6.15. The standard InChI is InChI=1S/C14H15NO4/c1-2-18-7-8-19-13-11-6-4-3-5-10(11)12(9-15-13)14(16)17/h3-6,9H,2,7-8H2,1H3,(H,16,17). The molecule has 0 amide bonds. The molecule has 1 heterocycles. The average Bonchev–Trinajstić information content (AvgIpc) is 2.43. The zero-order valence-corrected chi connectivity index (χ0v) is 10.6. The van der Waals surface area contributed by atoms with E-state index < -0.39 is 5.97 Å². The summed E-state index contributed by atoms with van der Waals surface area (Å²) in [6, 6.07) is 7.16. The van der Waals surface area contributed by atoms with Crippen LogP contribution in [0.4, 0.5) is 0 Å². The van der Waals surface area contributed by atoms with Crippen molar-refractivity contribution < 1.29 is 19.4 Å². The van der Waals surface area contributed by atoms with Crippen LogP contribution in [-0.4, -0.2) is 35.9 Å². The number of rotatable bonds is 6. The summed E-state index contributed by atoms with van der Waals surface area (Å²) < 4.78 is 10.7. The van der Waals surface area contributed by atoms with Crippen LogP contribution in [0.5, 0.6) is 5.88 Å². The highest BCUT2D eigenvalue weighted by Gasteiger charge is 2.12. The van der Waals surface area contributed by atoms with Gasteiger partial charge in [0.1, 0.15) is 6.61 Å². The topological polar surface area (TPSA) is 68.7 Å². The molecule has 0 fully saturated rings. The Bertz CT molecular complexity index is 583. The van der Waals surface area contributed by atoms with Crippen LogP contribution in [0.1, 0.15) is 17.3 Å². The summed E-state index contributed by atoms with van der Waals surface area (Å²) in [5, 5.41) is 10.4. The summed E-state index contributed by atoms with van der Waals surface area (Å²) in [5.41, 5.74) is 0.174. The summed E-state index contributed by atoms with van der Waals surface area (Å²) in [6.07, 6.45) is 1.32. The first kappa shape index (κ1) is 13.3. The molecule has 0 saturated heterocycles. The van der Waals surface area contributed by atoms with Gasteiger partial charge in [-0.05, 0) is 13.0 Å². The number of carbonyl (C=O) groups is 1. The number of carboxylic acid groups (broad SMARTS) is 1. The molecule has 2 aromatic rings. The molecular weight excluding hydrogens is 246 g/mol. The van der Waals surface area contributed by atoms with E-state index in [9.17, 15) is 4.79 Å². The van der Waals surface area contributed by atoms with Crippen molar-refractivity contribution >= 4 is 16.7 Å². The largest absolute Gasteiger partial charge is 0.478 e. The predicted molar refractivity (Wildman–Crippen MR) is 70.7 cm³/mol. The van der Waals surface area contributed by atoms with E-state index in [1.54, 1.807) is 18.2 Å². The van der Waals surface area contributed by atoms with Gasteiger partial charge in [-0.25, -0.2) is 9.78 Å². The van der Waals surface area contributed by atoms with Gasteiger partial charge >= 0.3 is 5.97 Å². The van der Waals surface area contributed by atoms with Gasteiger partial charge in [0.05, 0.1) is 12.2 Å². The third-order valence-electron chi connectivity index (χ3n) is 2.66. The van der Waals surface area contributed by atoms with Gasteiger partial charge in [-0.1, -0.05) is 18.2 Å². The lowest BCUT2D eigenvalue weighted by Crippen LogP contribution is -2.08. The Hall–Kier alpha value is -2.14. The first-order valence-electron chi connectivity index (χ1n) is 6.05. The summed E-state index contributed by atoms with van der Waals surface area (Å²) in [5.74, 6) is -0.565. The highest BCUT2D eigenvalue weighted by atomic mass is 16.5. The lowest BCUT2D eigenvalue weighted by Gasteiger charge is -2.09. The number of hydrogen-bond donors (Lipinski definition) is 1. The van der Waals surface area contributed by atoms with Crippen LogP contribution >= 0.6 is 0 Å². The maximum atomic E-state index is 11.1. The molecule has 19 heavy (non-hydrogen) atoms. The van der Waals surface area contributed by atoms with Gasteiger partial charge in [0, 0.05) is 23.6 Å². The van der Waals surface area contributed by atoms with Crippen molar-refractivity contribution in [2.75, 3.05) is 19.8 Å². The van der Waals surface area contributed by atoms with Gasteiger partial charge in [-0.3, -0.25) is 0 Å². The summed E-state index contributed by atoms with van der Waals surface area (Å²) >= 11 is 0. The number of fused-ring (bicyclic) bond motifs is 1. The van der Waals surface area contributed by atoms with Crippen LogP contribution in [0, 0.1) is 0 Å². The first-order valence-corrected chi connectivity index (χ1v) is 6.05. The van der Waals surface area contributed by atoms with Crippen molar-refractivity contribution in [2.45, 2.75) is 6.92 Å². The number of ether oxygens (including phenoxy) is 2. The number of benzene rings is 1. The van der Waals surface area contributed by atoms with Crippen molar-refractivity contribution in [3.8, 4) is 5.88 Å². The number of nitrogens with zero attached hydrogens (tertiary/aromatic N) is 1. The summed E-state index contributed by atoms with van der Waals surface area (Å²) in [4.78, 5) is 15.2. The molecule has 0 unspecified atom stereocenters. The van der Waals surface area contributed by atoms with Crippen LogP contribution < -0.4 is 4.74 Å². The molecule has 100 valence electrons. The Labute approximate surface area is 110 Å². The Kier molecular flexibility index (Phi) is 4.30. The van der Waals surface area contributed by atoms with E-state index in [0.29, 0.717) is 36.5 Å². The SMILES string of the molecule is CCOCCOc1ncc(C(=O)O)c2ccccc12. The highest BCUT2D eigenvalue weighted by Crippen LogP contribution is 2.25. The van der Waals surface area contributed by atoms with Crippen LogP contribution in [0.15, 0.2) is 30.5 Å². The van der Waals surface area contributed by atoms with E-state index in [4.69, 9.17) is 14.6 Å². The van der Waals surface area contributed by atoms with E-state index in [1.165, 1.54) is 6.20 Å². The molecule has 0 aliphatic carbocycles. The molecule has 0 saturated carbocycles. The second-order valence-corrected chi connectivity index (χ2v) is 3.87. The fraction of sp³-hybridized carbons (Fsp3) is 0.286. The summed E-state index contributed by atoms with van der Waals surface area (Å²) in [7, 11) is 0. The molecule has 0 spiro atoms. The van der Waals surface area contributed by atoms with Crippen molar-refractivity contribution in [3.05, 3.63) is 36.0 Å². The van der Waals surface area contributed by atoms with Gasteiger partial charge in [0.15, 0.2) is 0 Å². The van der Waals surface area contributed by atoms with E-state index in [-0.39, 0.29) is 5.56 Å². The normalized spacial score (nSPS) is 10.6. The molecule has 0 bridgehead atoms. The Morgan fingerprint density at radius 2 is 2.00 bits per heavy atom. The van der Waals surface area contributed by atoms with E-state index in [2.05, 4.69) is 4.98 Å². The first-order chi connectivity index (χ1) is 9.24. The number of carboxylic acids is 1. The third kappa shape index (κ3) is 3.00. The van der Waals surface area contributed by atoms with E-state index in [0.717, 1.165) is 0 Å². The smallest absolute Gasteiger partial charge is 0.337 e. The van der Waals surface area contributed by atoms with Crippen LogP contribution in [0.3, 0.4) is 0 Å². The summed E-state index contributed by atoms with van der Waals surface area (Å²) in [6.45, 7) is 3.41. The predicted octanol–water partition coefficient (Wildman–Crippen LogP) is 2.35. The maximum Gasteiger partial charge on any atom is 0.337 e. The molecule has 2 rings (SSSR count). The Balaban J connectivity index is 2.30. The maximum absolute atomic E-state index is 11.1. The van der Waals surface area contributed by atoms with Crippen LogP contribution in [-0.2, 0) is 4.74 Å². The molecule has 0 aliphatic rings. The molecule has 5 nitrogen and oxygen atoms in total. The van der Waals surface area contributed by atoms with E-state index in [1.807, 2.05) is 13.0 Å². The van der Waals surface area contributed by atoms with Gasteiger partial charge in [-0.2, -0.15) is 0 Å². The lowest BCUT2D eigenvalue weighted by atomic mass is 10.1. The fourth-order valence-corrected chi connectivity index (χ4v) is 1.79. The Morgan fingerprint density at radius 1 is 1.26 bits per heavy atom. The minimum absolute atomic E-state index is 0.174. The lowest BCUT2D eigenvalue weighted by molar-refractivity contribution is 0.0698. The number of pyridine rings is 1. The third-order valence-corrected chi connectivity index (χ3v) is 2.66. The van der Waals surface area contributed by atoms with Gasteiger partial charge in [0.2, 0.25) is 5.88 Å². The molecule has 0 radical (unpaired) electrons. The van der Waals surface area contributed by atoms with Crippen molar-refractivity contribution in [2.24, 2.45) is 0 Å². The van der Waals surface area contributed by atoms with Crippen LogP contribution in [0.2, 0.25) is 0 Å². The van der Waals surface area contributed by atoms with Crippen molar-refractivity contribution in [1.82, 2.24) is 4.98 Å². The van der Waals surface area contributed by atoms with E-state index >= 15 is 0 Å². The van der Waals surface area contributed by atoms with Crippen LogP contribution in [0.25, 0.3) is 10.8 Å². The van der Waals surface area contributed by atoms with Gasteiger partial charge < -0.3 is 14.6 Å². The quantitative estimate of drug-likeness (QED) is 0.808. The zero-order valence-electron chi connectivity index (χ0n) is 10.6. The van der Waals surface area contributed by atoms with Crippen molar-refractivity contribution in [3.63, 3.8) is 0 Å². The number of hydrogen-bond acceptors (Lipinski definition) is 4. The minimum atomic E-state index is -0.996. The monoisotopic (exact) mass is 261 g/mol. The van der Waals surface area contributed by atoms with Crippen molar-refractivity contribution in [1.29, 1.82) is 0 Å². The van der Waals surface area contributed by atoms with Gasteiger partial charge in [0.25, 0.3) is 0 Å². The minimum Gasteiger partial charge on any atom is -0.478 e. The highest BCUT2D eigenvalue weighted by molar-refractivity contribution is 6.04. The molecule has 1 aromatic heterocycles. The average molecular weight is 261 g/mol. The Morgan fingerprint density at radius 3 is 2.68 bits per heavy atom. The second-order valence-electron chi connectivity index (χ2n) is 3.87. The number of aromatic nitrogens is 1. The molecule has 0 aliphatic heterocycles. The fourth-order valence-electron chi connectivity index (χ4n) is 1.79. The molecule has 1 N–H and O–H groups in total. The van der Waals surface area contributed by atoms with Gasteiger partial charge in [-0.15, -0.1) is 0 Å². The molecular formula is C14H15NO4. The molecule has 5 heteroatoms. The number of aromatic carboxylic acids is 1.